The van der Waals surface area contributed by atoms with E-state index >= 15 is 0 Å². The number of hydrogen-bond acceptors (Lipinski definition) is 0. The van der Waals surface area contributed by atoms with Gasteiger partial charge in [-0.1, -0.05) is 26.7 Å². The van der Waals surface area contributed by atoms with Crippen LogP contribution in [0.3, 0.4) is 0 Å². The second-order valence-electron chi connectivity index (χ2n) is 3.14. The lowest BCUT2D eigenvalue weighted by Gasteiger charge is -2.29. The topological polar surface area (TPSA) is 0 Å². The van der Waals surface area contributed by atoms with Crippen LogP contribution in [-0.2, 0) is 0 Å². The molecule has 0 nitrogen and oxygen atoms in total. The summed E-state index contributed by atoms with van der Waals surface area (Å²) in [6.45, 7) is 4.36. The van der Waals surface area contributed by atoms with E-state index in [9.17, 15) is 43.9 Å². The third-order valence-corrected chi connectivity index (χ3v) is 1.61. The monoisotopic (exact) mass is 316 g/mol. The maximum Gasteiger partial charge on any atom is 0.460 e. The summed E-state index contributed by atoms with van der Waals surface area (Å²) in [5.74, 6) is -14.3. The maximum absolute atomic E-state index is 11.6. The van der Waals surface area contributed by atoms with E-state index in [1.807, 2.05) is 0 Å². The summed E-state index contributed by atoms with van der Waals surface area (Å²) in [4.78, 5) is 0. The van der Waals surface area contributed by atoms with Gasteiger partial charge in [-0.15, -0.1) is 0 Å². The molecule has 0 unspecified atom stereocenters. The molecular formula is C8H11F11. The second-order valence-corrected chi connectivity index (χ2v) is 3.14. The average molecular weight is 316 g/mol. The third kappa shape index (κ3) is 5.39. The third-order valence-electron chi connectivity index (χ3n) is 1.61. The summed E-state index contributed by atoms with van der Waals surface area (Å²) < 4.78 is 113. The van der Waals surface area contributed by atoms with Crippen LogP contribution in [0.5, 0.6) is 0 Å². The molecule has 0 saturated heterocycles. The molecule has 120 valence electrons. The highest BCUT2D eigenvalue weighted by Crippen LogP contribution is 2.53. The molecule has 0 saturated carbocycles. The van der Waals surface area contributed by atoms with Crippen molar-refractivity contribution >= 4 is 0 Å². The van der Waals surface area contributed by atoms with E-state index in [1.165, 1.54) is 12.8 Å². The number of hydrogen-bond donors (Lipinski definition) is 0. The predicted molar refractivity (Wildman–Crippen MR) is 45.1 cm³/mol. The smallest absolute Gasteiger partial charge is 0.269 e. The lowest BCUT2D eigenvalue weighted by Crippen LogP contribution is -2.59. The van der Waals surface area contributed by atoms with Gasteiger partial charge in [0.05, 0.1) is 0 Å². The molecule has 0 aromatic rings. The molecule has 0 rings (SSSR count). The molecule has 0 aliphatic heterocycles. The average Bonchev–Trinajstić information content (AvgIpc) is 2.14. The molecule has 0 amide bonds. The molecule has 0 heterocycles. The minimum absolute atomic E-state index is 0. The van der Waals surface area contributed by atoms with Gasteiger partial charge in [0.1, 0.15) is 0 Å². The van der Waals surface area contributed by atoms with Crippen LogP contribution in [0.2, 0.25) is 0 Å². The summed E-state index contributed by atoms with van der Waals surface area (Å²) in [6, 6.07) is 0. The molecule has 0 spiro atoms. The molecule has 0 radical (unpaired) electrons. The first-order chi connectivity index (χ1) is 7.66. The van der Waals surface area contributed by atoms with Crippen molar-refractivity contribution in [1.29, 1.82) is 0 Å². The molecule has 0 atom stereocenters. The van der Waals surface area contributed by atoms with E-state index in [1.54, 1.807) is 0 Å². The number of unbranched alkanes of at least 4 members (excludes halogenated alkanes) is 1. The van der Waals surface area contributed by atoms with Crippen molar-refractivity contribution in [2.45, 2.75) is 50.9 Å². The first-order valence-corrected chi connectivity index (χ1v) is 4.55. The molecule has 0 fully saturated rings. The standard InChI is InChI=1S/C4F10.C4H10.FH/c5-1(6,3(9,10)11)2(7,8)4(12,13)14;1-3-4-2;/h;3-4H2,1-2H3;1H. The van der Waals surface area contributed by atoms with Gasteiger partial charge in [-0.2, -0.15) is 43.9 Å². The van der Waals surface area contributed by atoms with Gasteiger partial charge in [-0.25, -0.2) is 0 Å². The molecule has 0 bridgehead atoms. The molecule has 11 heteroatoms. The zero-order chi connectivity index (χ0) is 15.4. The van der Waals surface area contributed by atoms with E-state index in [0.717, 1.165) is 0 Å². The SMILES string of the molecule is CCCC.F.FC(F)(F)C(F)(F)C(F)(F)C(F)(F)F. The number of alkyl halides is 10. The Labute approximate surface area is 101 Å². The fraction of sp³-hybridized carbons (Fsp3) is 1.00. The van der Waals surface area contributed by atoms with Crippen molar-refractivity contribution in [3.8, 4) is 0 Å². The summed E-state index contributed by atoms with van der Waals surface area (Å²) >= 11 is 0. The van der Waals surface area contributed by atoms with Gasteiger partial charge in [-0.05, 0) is 0 Å². The summed E-state index contributed by atoms with van der Waals surface area (Å²) in [5, 5.41) is 0. The summed E-state index contributed by atoms with van der Waals surface area (Å²) in [6.07, 6.45) is -11.3. The Morgan fingerprint density at radius 3 is 0.737 bits per heavy atom. The fourth-order valence-electron chi connectivity index (χ4n) is 0.356. The minimum Gasteiger partial charge on any atom is -0.269 e. The lowest BCUT2D eigenvalue weighted by atomic mass is 10.1. The largest absolute Gasteiger partial charge is 0.460 e. The lowest BCUT2D eigenvalue weighted by molar-refractivity contribution is -0.419. The van der Waals surface area contributed by atoms with Gasteiger partial charge in [0.15, 0.2) is 0 Å². The normalized spacial score (nSPS) is 13.3. The Hall–Kier alpha value is -0.770. The van der Waals surface area contributed by atoms with Gasteiger partial charge in [0.2, 0.25) is 0 Å². The summed E-state index contributed by atoms with van der Waals surface area (Å²) in [7, 11) is 0. The van der Waals surface area contributed by atoms with Crippen molar-refractivity contribution in [2.75, 3.05) is 0 Å². The zero-order valence-corrected chi connectivity index (χ0v) is 9.60. The molecule has 19 heavy (non-hydrogen) atoms. The highest BCUT2D eigenvalue weighted by atomic mass is 19.4. The molecule has 0 aliphatic carbocycles. The van der Waals surface area contributed by atoms with Crippen LogP contribution in [0.4, 0.5) is 48.6 Å². The van der Waals surface area contributed by atoms with Crippen LogP contribution in [0, 0.1) is 0 Å². The van der Waals surface area contributed by atoms with Gasteiger partial charge >= 0.3 is 24.2 Å². The van der Waals surface area contributed by atoms with E-state index in [2.05, 4.69) is 13.8 Å². The second kappa shape index (κ2) is 7.13. The van der Waals surface area contributed by atoms with Crippen LogP contribution >= 0.6 is 0 Å². The van der Waals surface area contributed by atoms with Crippen LogP contribution in [0.15, 0.2) is 0 Å². The van der Waals surface area contributed by atoms with E-state index in [4.69, 9.17) is 0 Å². The van der Waals surface area contributed by atoms with Crippen LogP contribution in [0.1, 0.15) is 26.7 Å². The molecule has 0 aromatic carbocycles. The van der Waals surface area contributed by atoms with E-state index in [0.29, 0.717) is 0 Å². The Balaban J connectivity index is -0.000000448. The van der Waals surface area contributed by atoms with Gasteiger partial charge in [-0.3, -0.25) is 4.70 Å². The van der Waals surface area contributed by atoms with Crippen molar-refractivity contribution in [2.24, 2.45) is 0 Å². The Kier molecular flexibility index (Phi) is 8.76. The molecule has 0 aliphatic rings. The zero-order valence-electron chi connectivity index (χ0n) is 9.60. The first-order valence-electron chi connectivity index (χ1n) is 4.55. The van der Waals surface area contributed by atoms with Crippen molar-refractivity contribution < 1.29 is 48.6 Å². The Bertz CT molecular complexity index is 210. The first kappa shape index (κ1) is 23.3. The van der Waals surface area contributed by atoms with E-state index in [-0.39, 0.29) is 4.70 Å². The van der Waals surface area contributed by atoms with E-state index < -0.39 is 24.2 Å². The fourth-order valence-corrected chi connectivity index (χ4v) is 0.356. The van der Waals surface area contributed by atoms with Crippen LogP contribution in [0.25, 0.3) is 0 Å². The van der Waals surface area contributed by atoms with Gasteiger partial charge in [0.25, 0.3) is 0 Å². The van der Waals surface area contributed by atoms with Gasteiger partial charge < -0.3 is 0 Å². The van der Waals surface area contributed by atoms with Gasteiger partial charge in [0, 0.05) is 0 Å². The Morgan fingerprint density at radius 2 is 0.684 bits per heavy atom. The molecule has 0 N–H and O–H groups in total. The van der Waals surface area contributed by atoms with Crippen molar-refractivity contribution in [3.63, 3.8) is 0 Å². The minimum atomic E-state index is -7.14. The summed E-state index contributed by atoms with van der Waals surface area (Å²) in [5.41, 5.74) is 0. The molecular weight excluding hydrogens is 305 g/mol. The number of halogens is 11. The maximum atomic E-state index is 11.6. The quantitative estimate of drug-likeness (QED) is 0.603. The van der Waals surface area contributed by atoms with Crippen molar-refractivity contribution in [3.05, 3.63) is 0 Å². The predicted octanol–water partition coefficient (Wildman–Crippen LogP) is 5.34. The Morgan fingerprint density at radius 1 is 0.526 bits per heavy atom. The van der Waals surface area contributed by atoms with Crippen LogP contribution < -0.4 is 0 Å². The molecule has 0 aromatic heterocycles. The highest BCUT2D eigenvalue weighted by Gasteiger charge is 2.82. The van der Waals surface area contributed by atoms with Crippen LogP contribution in [-0.4, -0.2) is 24.2 Å². The highest BCUT2D eigenvalue weighted by molar-refractivity contribution is 4.95. The number of rotatable bonds is 2. The van der Waals surface area contributed by atoms with Crippen molar-refractivity contribution in [1.82, 2.24) is 0 Å².